The molecule has 1 saturated heterocycles. The zero-order valence-electron chi connectivity index (χ0n) is 13.4. The number of halogens is 2. The van der Waals surface area contributed by atoms with Crippen molar-refractivity contribution in [1.82, 2.24) is 15.3 Å². The minimum Gasteiger partial charge on any atom is -0.439 e. The van der Waals surface area contributed by atoms with Gasteiger partial charge in [-0.1, -0.05) is 6.07 Å². The fourth-order valence-corrected chi connectivity index (χ4v) is 2.95. The Kier molecular flexibility index (Phi) is 4.04. The molecule has 7 heteroatoms. The average molecular weight is 353 g/mol. The summed E-state index contributed by atoms with van der Waals surface area (Å²) in [5.74, 6) is -1.47. The number of carbonyl (C=O) groups excluding carboxylic acids is 1. The number of carbonyl (C=O) groups is 1. The number of nitrogens with zero attached hydrogens (tertiary/aromatic N) is 2. The monoisotopic (exact) mass is 353 g/mol. The van der Waals surface area contributed by atoms with Gasteiger partial charge in [-0.05, 0) is 35.9 Å². The fourth-order valence-electron chi connectivity index (χ4n) is 2.95. The number of cyclic esters (lactones) is 1. The molecule has 0 unspecified atom stereocenters. The number of amides is 1. The number of hydrogen-bond acceptors (Lipinski definition) is 4. The molecule has 1 fully saturated rings. The van der Waals surface area contributed by atoms with E-state index < -0.39 is 29.9 Å². The SMILES string of the molecule is O=C1N[C@H](c2cncc(-c3ccccn3)c2)[C@@H](c2ccc(F)cc2F)O1. The van der Waals surface area contributed by atoms with Crippen LogP contribution in [0.1, 0.15) is 23.3 Å². The lowest BCUT2D eigenvalue weighted by molar-refractivity contribution is 0.130. The zero-order chi connectivity index (χ0) is 18.1. The largest absolute Gasteiger partial charge is 0.439 e. The van der Waals surface area contributed by atoms with Crippen molar-refractivity contribution in [1.29, 1.82) is 0 Å². The predicted molar refractivity (Wildman–Crippen MR) is 88.9 cm³/mol. The van der Waals surface area contributed by atoms with E-state index >= 15 is 0 Å². The lowest BCUT2D eigenvalue weighted by atomic mass is 9.96. The summed E-state index contributed by atoms with van der Waals surface area (Å²) in [5, 5.41) is 2.66. The number of alkyl carbamates (subject to hydrolysis) is 1. The van der Waals surface area contributed by atoms with Crippen LogP contribution < -0.4 is 5.32 Å². The summed E-state index contributed by atoms with van der Waals surface area (Å²) in [7, 11) is 0. The molecule has 3 heterocycles. The third-order valence-electron chi connectivity index (χ3n) is 4.16. The van der Waals surface area contributed by atoms with Crippen molar-refractivity contribution in [2.75, 3.05) is 0 Å². The van der Waals surface area contributed by atoms with Crippen LogP contribution in [-0.2, 0) is 4.74 Å². The highest BCUT2D eigenvalue weighted by atomic mass is 19.1. The lowest BCUT2D eigenvalue weighted by Crippen LogP contribution is -2.20. The third-order valence-corrected chi connectivity index (χ3v) is 4.16. The van der Waals surface area contributed by atoms with Gasteiger partial charge < -0.3 is 10.1 Å². The van der Waals surface area contributed by atoms with Crippen LogP contribution in [0, 0.1) is 11.6 Å². The molecule has 4 rings (SSSR count). The molecular formula is C19H13F2N3O2. The predicted octanol–water partition coefficient (Wildman–Crippen LogP) is 3.94. The van der Waals surface area contributed by atoms with Gasteiger partial charge in [0, 0.05) is 35.8 Å². The van der Waals surface area contributed by atoms with Crippen molar-refractivity contribution in [3.63, 3.8) is 0 Å². The molecule has 0 radical (unpaired) electrons. The molecule has 1 aromatic carbocycles. The van der Waals surface area contributed by atoms with Gasteiger partial charge >= 0.3 is 6.09 Å². The molecule has 1 aliphatic heterocycles. The molecule has 1 aliphatic rings. The maximum Gasteiger partial charge on any atom is 0.408 e. The van der Waals surface area contributed by atoms with Gasteiger partial charge in [0.1, 0.15) is 17.7 Å². The fraction of sp³-hybridized carbons (Fsp3) is 0.105. The normalized spacial score (nSPS) is 19.1. The number of pyridine rings is 2. The van der Waals surface area contributed by atoms with Crippen molar-refractivity contribution in [2.24, 2.45) is 0 Å². The van der Waals surface area contributed by atoms with Crippen molar-refractivity contribution >= 4 is 6.09 Å². The summed E-state index contributed by atoms with van der Waals surface area (Å²) in [6, 6.07) is 9.82. The highest BCUT2D eigenvalue weighted by molar-refractivity contribution is 5.71. The topological polar surface area (TPSA) is 64.1 Å². The van der Waals surface area contributed by atoms with Crippen LogP contribution in [-0.4, -0.2) is 16.1 Å². The molecule has 26 heavy (non-hydrogen) atoms. The van der Waals surface area contributed by atoms with Gasteiger partial charge in [0.05, 0.1) is 5.69 Å². The molecule has 0 bridgehead atoms. The Hall–Kier alpha value is -3.35. The standard InChI is InChI=1S/C19H13F2N3O2/c20-13-4-5-14(15(21)8-13)18-17(24-19(25)26-18)12-7-11(9-22-10-12)16-3-1-2-6-23-16/h1-10,17-18H,(H,24,25)/t17-,18-/m1/s1. The molecule has 130 valence electrons. The Morgan fingerprint density at radius 2 is 1.96 bits per heavy atom. The molecule has 2 aromatic heterocycles. The van der Waals surface area contributed by atoms with Crippen molar-refractivity contribution in [3.8, 4) is 11.3 Å². The Labute approximate surface area is 147 Å². The van der Waals surface area contributed by atoms with E-state index in [9.17, 15) is 13.6 Å². The van der Waals surface area contributed by atoms with Gasteiger partial charge in [-0.15, -0.1) is 0 Å². The first kappa shape index (κ1) is 16.1. The van der Waals surface area contributed by atoms with Crippen LogP contribution >= 0.6 is 0 Å². The maximum absolute atomic E-state index is 14.2. The summed E-state index contributed by atoms with van der Waals surface area (Å²) in [5.41, 5.74) is 2.20. The number of benzene rings is 1. The average Bonchev–Trinajstić information content (AvgIpc) is 3.04. The van der Waals surface area contributed by atoms with Crippen LogP contribution in [0.25, 0.3) is 11.3 Å². The number of nitrogens with one attached hydrogen (secondary N) is 1. The van der Waals surface area contributed by atoms with Crippen LogP contribution in [0.3, 0.4) is 0 Å². The minimum atomic E-state index is -0.927. The number of ether oxygens (including phenoxy) is 1. The van der Waals surface area contributed by atoms with Crippen LogP contribution in [0.5, 0.6) is 0 Å². The van der Waals surface area contributed by atoms with Gasteiger partial charge in [0.15, 0.2) is 6.10 Å². The molecule has 0 aliphatic carbocycles. The molecular weight excluding hydrogens is 340 g/mol. The zero-order valence-corrected chi connectivity index (χ0v) is 13.4. The second kappa shape index (κ2) is 6.51. The lowest BCUT2D eigenvalue weighted by Gasteiger charge is -2.18. The second-order valence-corrected chi connectivity index (χ2v) is 5.84. The van der Waals surface area contributed by atoms with Crippen LogP contribution in [0.4, 0.5) is 13.6 Å². The Balaban J connectivity index is 1.73. The summed E-state index contributed by atoms with van der Waals surface area (Å²) >= 11 is 0. The van der Waals surface area contributed by atoms with Crippen molar-refractivity contribution < 1.29 is 18.3 Å². The molecule has 0 spiro atoms. The Morgan fingerprint density at radius 3 is 2.73 bits per heavy atom. The van der Waals surface area contributed by atoms with Gasteiger partial charge in [-0.3, -0.25) is 9.97 Å². The maximum atomic E-state index is 14.2. The van der Waals surface area contributed by atoms with E-state index in [1.165, 1.54) is 6.07 Å². The summed E-state index contributed by atoms with van der Waals surface area (Å²) in [6.45, 7) is 0. The number of aromatic nitrogens is 2. The molecule has 2 atom stereocenters. The van der Waals surface area contributed by atoms with Gasteiger partial charge in [-0.2, -0.15) is 0 Å². The molecule has 1 amide bonds. The first-order valence-corrected chi connectivity index (χ1v) is 7.90. The highest BCUT2D eigenvalue weighted by Crippen LogP contribution is 2.38. The highest BCUT2D eigenvalue weighted by Gasteiger charge is 2.38. The van der Waals surface area contributed by atoms with E-state index in [0.29, 0.717) is 5.56 Å². The summed E-state index contributed by atoms with van der Waals surface area (Å²) in [6.07, 6.45) is 3.28. The first-order chi connectivity index (χ1) is 12.6. The van der Waals surface area contributed by atoms with E-state index in [2.05, 4.69) is 15.3 Å². The minimum absolute atomic E-state index is 0.0954. The van der Waals surface area contributed by atoms with Crippen molar-refractivity contribution in [3.05, 3.63) is 83.8 Å². The second-order valence-electron chi connectivity index (χ2n) is 5.84. The Bertz CT molecular complexity index is 966. The molecule has 0 saturated carbocycles. The van der Waals surface area contributed by atoms with Crippen molar-refractivity contribution in [2.45, 2.75) is 12.1 Å². The van der Waals surface area contributed by atoms with Crippen LogP contribution in [0.2, 0.25) is 0 Å². The molecule has 1 N–H and O–H groups in total. The quantitative estimate of drug-likeness (QED) is 0.775. The first-order valence-electron chi connectivity index (χ1n) is 7.90. The van der Waals surface area contributed by atoms with E-state index in [-0.39, 0.29) is 5.56 Å². The van der Waals surface area contributed by atoms with Gasteiger partial charge in [0.2, 0.25) is 0 Å². The van der Waals surface area contributed by atoms with Gasteiger partial charge in [-0.25, -0.2) is 13.6 Å². The van der Waals surface area contributed by atoms with E-state index in [1.54, 1.807) is 24.7 Å². The Morgan fingerprint density at radius 1 is 1.08 bits per heavy atom. The van der Waals surface area contributed by atoms with E-state index in [1.807, 2.05) is 18.2 Å². The van der Waals surface area contributed by atoms with Gasteiger partial charge in [0.25, 0.3) is 0 Å². The molecule has 3 aromatic rings. The smallest absolute Gasteiger partial charge is 0.408 e. The third kappa shape index (κ3) is 2.99. The van der Waals surface area contributed by atoms with E-state index in [4.69, 9.17) is 4.74 Å². The molecule has 5 nitrogen and oxygen atoms in total. The summed E-state index contributed by atoms with van der Waals surface area (Å²) < 4.78 is 32.6. The van der Waals surface area contributed by atoms with Crippen LogP contribution in [0.15, 0.2) is 61.1 Å². The van der Waals surface area contributed by atoms with E-state index in [0.717, 1.165) is 23.4 Å². The number of hydrogen-bond donors (Lipinski definition) is 1. The summed E-state index contributed by atoms with van der Waals surface area (Å²) in [4.78, 5) is 20.2. The number of rotatable bonds is 3.